The number of rotatable bonds is 4. The van der Waals surface area contributed by atoms with Crippen molar-refractivity contribution in [2.24, 2.45) is 0 Å². The first kappa shape index (κ1) is 14.4. The van der Waals surface area contributed by atoms with Gasteiger partial charge in [-0.05, 0) is 12.2 Å². The molecule has 0 aromatic carbocycles. The van der Waals surface area contributed by atoms with E-state index in [1.807, 2.05) is 7.11 Å². The topological polar surface area (TPSA) is 9.23 Å². The average Bonchev–Trinajstić information content (AvgIpc) is 2.39. The second-order valence-corrected chi connectivity index (χ2v) is 6.76. The molecule has 1 aliphatic heterocycles. The largest absolute Gasteiger partial charge is 0.382 e. The normalized spacial score (nSPS) is 37.8. The van der Waals surface area contributed by atoms with Gasteiger partial charge in [0.15, 0.2) is 6.71 Å². The molecule has 2 fully saturated rings. The van der Waals surface area contributed by atoms with Crippen LogP contribution in [-0.4, -0.2) is 19.9 Å². The van der Waals surface area contributed by atoms with E-state index in [0.29, 0.717) is 6.10 Å². The molecule has 0 radical (unpaired) electrons. The van der Waals surface area contributed by atoms with E-state index in [0.717, 1.165) is 24.2 Å². The van der Waals surface area contributed by atoms with Crippen molar-refractivity contribution in [1.29, 1.82) is 0 Å². The molecule has 0 N–H and O–H groups in total. The lowest BCUT2D eigenvalue weighted by molar-refractivity contribution is 0.0685. The minimum atomic E-state index is 0.559. The fourth-order valence-electron chi connectivity index (χ4n) is 4.89. The Morgan fingerprint density at radius 3 is 2.56 bits per heavy atom. The Hall–Kier alpha value is 0.0249. The van der Waals surface area contributed by atoms with Gasteiger partial charge in [0.1, 0.15) is 0 Å². The van der Waals surface area contributed by atoms with Gasteiger partial charge in [-0.15, -0.1) is 0 Å². The van der Waals surface area contributed by atoms with E-state index in [9.17, 15) is 0 Å². The first-order valence-electron chi connectivity index (χ1n) is 8.30. The van der Waals surface area contributed by atoms with Crippen LogP contribution in [0, 0.1) is 0 Å². The van der Waals surface area contributed by atoms with Crippen molar-refractivity contribution < 1.29 is 4.74 Å². The molecule has 18 heavy (non-hydrogen) atoms. The summed E-state index contributed by atoms with van der Waals surface area (Å²) in [6.45, 7) is 5.81. The summed E-state index contributed by atoms with van der Waals surface area (Å²) in [7, 11) is 1.94. The summed E-state index contributed by atoms with van der Waals surface area (Å²) in [6, 6.07) is 0. The Morgan fingerprint density at radius 2 is 1.83 bits per heavy atom. The first-order valence-corrected chi connectivity index (χ1v) is 8.30. The quantitative estimate of drug-likeness (QED) is 0.624. The lowest BCUT2D eigenvalue weighted by Gasteiger charge is -2.43. The molecule has 0 aromatic heterocycles. The highest BCUT2D eigenvalue weighted by molar-refractivity contribution is 6.64. The zero-order valence-electron chi connectivity index (χ0n) is 12.7. The molecule has 1 heterocycles. The number of ether oxygens (including phenoxy) is 1. The van der Waals surface area contributed by atoms with Gasteiger partial charge in [-0.2, -0.15) is 0 Å². The molecule has 2 heteroatoms. The standard InChI is InChI=1S/C16H31BO/c1-4-8-14-10-7-9-13(2)17(14)15-11-5-6-12-16(15)18-3/h13-16H,4-12H2,1-3H3. The molecule has 0 aromatic rings. The summed E-state index contributed by atoms with van der Waals surface area (Å²) in [6.07, 6.45) is 13.3. The fourth-order valence-corrected chi connectivity index (χ4v) is 4.89. The molecule has 1 saturated carbocycles. The minimum Gasteiger partial charge on any atom is -0.382 e. The van der Waals surface area contributed by atoms with E-state index >= 15 is 0 Å². The van der Waals surface area contributed by atoms with Gasteiger partial charge in [0.25, 0.3) is 0 Å². The SMILES string of the molecule is CCCC1CCCC(C)B1C1CCCCC1OC. The molecule has 2 aliphatic rings. The Kier molecular flexibility index (Phi) is 5.60. The maximum atomic E-state index is 5.83. The molecule has 104 valence electrons. The van der Waals surface area contributed by atoms with E-state index in [1.54, 1.807) is 0 Å². The second-order valence-electron chi connectivity index (χ2n) is 6.76. The summed E-state index contributed by atoms with van der Waals surface area (Å²) in [5.41, 5.74) is 0. The van der Waals surface area contributed by atoms with Gasteiger partial charge in [-0.3, -0.25) is 0 Å². The monoisotopic (exact) mass is 250 g/mol. The molecule has 2 rings (SSSR count). The molecule has 1 aliphatic carbocycles. The van der Waals surface area contributed by atoms with Crippen LogP contribution in [0.1, 0.15) is 71.6 Å². The maximum absolute atomic E-state index is 5.83. The Bertz CT molecular complexity index is 241. The van der Waals surface area contributed by atoms with Crippen molar-refractivity contribution >= 4 is 6.71 Å². The molecule has 1 saturated heterocycles. The van der Waals surface area contributed by atoms with Crippen molar-refractivity contribution in [3.8, 4) is 0 Å². The predicted molar refractivity (Wildman–Crippen MR) is 80.7 cm³/mol. The van der Waals surface area contributed by atoms with Crippen LogP contribution in [0.3, 0.4) is 0 Å². The zero-order valence-corrected chi connectivity index (χ0v) is 12.7. The molecule has 0 bridgehead atoms. The van der Waals surface area contributed by atoms with Crippen LogP contribution in [0.5, 0.6) is 0 Å². The van der Waals surface area contributed by atoms with Crippen molar-refractivity contribution in [3.63, 3.8) is 0 Å². The van der Waals surface area contributed by atoms with Gasteiger partial charge >= 0.3 is 0 Å². The molecule has 0 spiro atoms. The summed E-state index contributed by atoms with van der Waals surface area (Å²) < 4.78 is 5.83. The maximum Gasteiger partial charge on any atom is 0.152 e. The molecule has 4 unspecified atom stereocenters. The van der Waals surface area contributed by atoms with Gasteiger partial charge in [0, 0.05) is 7.11 Å². The lowest BCUT2D eigenvalue weighted by Crippen LogP contribution is -2.41. The predicted octanol–water partition coefficient (Wildman–Crippen LogP) is 5.18. The summed E-state index contributed by atoms with van der Waals surface area (Å²) >= 11 is 0. The number of hydrogen-bond donors (Lipinski definition) is 0. The highest BCUT2D eigenvalue weighted by atomic mass is 16.5. The Morgan fingerprint density at radius 1 is 1.06 bits per heavy atom. The third-order valence-electron chi connectivity index (χ3n) is 5.65. The molecule has 4 atom stereocenters. The van der Waals surface area contributed by atoms with Crippen LogP contribution in [0.25, 0.3) is 0 Å². The van der Waals surface area contributed by atoms with Crippen LogP contribution in [0.4, 0.5) is 0 Å². The minimum absolute atomic E-state index is 0.559. The first-order chi connectivity index (χ1) is 8.77. The van der Waals surface area contributed by atoms with E-state index < -0.39 is 0 Å². The van der Waals surface area contributed by atoms with E-state index in [4.69, 9.17) is 4.74 Å². The number of hydrogen-bond acceptors (Lipinski definition) is 1. The molecule has 0 amide bonds. The van der Waals surface area contributed by atoms with Crippen LogP contribution in [-0.2, 0) is 4.74 Å². The van der Waals surface area contributed by atoms with Crippen LogP contribution >= 0.6 is 0 Å². The third kappa shape index (κ3) is 3.12. The summed E-state index contributed by atoms with van der Waals surface area (Å²) in [5.74, 6) is 2.77. The van der Waals surface area contributed by atoms with Gasteiger partial charge in [-0.25, -0.2) is 0 Å². The highest BCUT2D eigenvalue weighted by Crippen LogP contribution is 2.48. The lowest BCUT2D eigenvalue weighted by atomic mass is 9.23. The van der Waals surface area contributed by atoms with Gasteiger partial charge in [0.2, 0.25) is 0 Å². The van der Waals surface area contributed by atoms with E-state index in [1.165, 1.54) is 57.8 Å². The van der Waals surface area contributed by atoms with Crippen molar-refractivity contribution in [1.82, 2.24) is 0 Å². The van der Waals surface area contributed by atoms with Crippen LogP contribution in [0.2, 0.25) is 17.5 Å². The van der Waals surface area contributed by atoms with Gasteiger partial charge in [-0.1, -0.05) is 76.8 Å². The molecular weight excluding hydrogens is 219 g/mol. The highest BCUT2D eigenvalue weighted by Gasteiger charge is 2.43. The molecular formula is C16H31BO. The Labute approximate surface area is 114 Å². The van der Waals surface area contributed by atoms with Crippen molar-refractivity contribution in [3.05, 3.63) is 0 Å². The summed E-state index contributed by atoms with van der Waals surface area (Å²) in [4.78, 5) is 0. The second kappa shape index (κ2) is 6.98. The zero-order chi connectivity index (χ0) is 13.0. The smallest absolute Gasteiger partial charge is 0.152 e. The van der Waals surface area contributed by atoms with Crippen LogP contribution in [0.15, 0.2) is 0 Å². The van der Waals surface area contributed by atoms with Gasteiger partial charge < -0.3 is 4.74 Å². The Balaban J connectivity index is 2.09. The fraction of sp³-hybridized carbons (Fsp3) is 1.00. The molecule has 1 nitrogen and oxygen atoms in total. The average molecular weight is 250 g/mol. The van der Waals surface area contributed by atoms with Crippen molar-refractivity contribution in [2.45, 2.75) is 95.2 Å². The summed E-state index contributed by atoms with van der Waals surface area (Å²) in [5, 5.41) is 0. The van der Waals surface area contributed by atoms with Crippen LogP contribution < -0.4 is 0 Å². The van der Waals surface area contributed by atoms with Crippen molar-refractivity contribution in [2.75, 3.05) is 7.11 Å². The number of methoxy groups -OCH3 is 1. The third-order valence-corrected chi connectivity index (χ3v) is 5.65. The van der Waals surface area contributed by atoms with E-state index in [2.05, 4.69) is 13.8 Å². The van der Waals surface area contributed by atoms with E-state index in [-0.39, 0.29) is 0 Å². The van der Waals surface area contributed by atoms with Gasteiger partial charge in [0.05, 0.1) is 6.10 Å².